The summed E-state index contributed by atoms with van der Waals surface area (Å²) in [4.78, 5) is 4.30. The summed E-state index contributed by atoms with van der Waals surface area (Å²) in [6, 6.07) is 13.2. The molecule has 0 saturated heterocycles. The van der Waals surface area contributed by atoms with Gasteiger partial charge in [-0.15, -0.1) is 0 Å². The van der Waals surface area contributed by atoms with Gasteiger partial charge in [0, 0.05) is 11.8 Å². The predicted octanol–water partition coefficient (Wildman–Crippen LogP) is 3.89. The van der Waals surface area contributed by atoms with E-state index in [0.717, 1.165) is 24.0 Å². The molecule has 1 heterocycles. The summed E-state index contributed by atoms with van der Waals surface area (Å²) in [6.07, 6.45) is 4.20. The molecule has 4 rings (SSSR count). The number of anilines is 1. The van der Waals surface area contributed by atoms with Gasteiger partial charge in [0.1, 0.15) is 5.82 Å². The highest BCUT2D eigenvalue weighted by atomic mass is 14.8. The van der Waals surface area contributed by atoms with Gasteiger partial charge in [0.05, 0.1) is 0 Å². The molecule has 2 N–H and O–H groups in total. The fourth-order valence-electron chi connectivity index (χ4n) is 3.23. The molecule has 0 spiro atoms. The number of nitrogens with zero attached hydrogens (tertiary/aromatic N) is 1. The molecule has 0 amide bonds. The number of rotatable bonds is 1. The molecule has 0 saturated carbocycles. The van der Waals surface area contributed by atoms with Crippen molar-refractivity contribution in [3.8, 4) is 11.1 Å². The Morgan fingerprint density at radius 1 is 1.05 bits per heavy atom. The summed E-state index contributed by atoms with van der Waals surface area (Å²) in [6.45, 7) is 2.01. The number of aryl methyl sites for hydroxylation is 3. The molecule has 0 fully saturated rings. The normalized spacial score (nSPS) is 13.1. The van der Waals surface area contributed by atoms with Gasteiger partial charge in [-0.25, -0.2) is 4.98 Å². The lowest BCUT2D eigenvalue weighted by atomic mass is 9.95. The van der Waals surface area contributed by atoms with Crippen molar-refractivity contribution in [1.82, 2.24) is 4.98 Å². The Balaban J connectivity index is 2.04. The molecule has 20 heavy (non-hydrogen) atoms. The Bertz CT molecular complexity index is 824. The number of hydrogen-bond acceptors (Lipinski definition) is 2. The first-order valence-electron chi connectivity index (χ1n) is 7.00. The molecule has 0 unspecified atom stereocenters. The first-order chi connectivity index (χ1) is 9.74. The van der Waals surface area contributed by atoms with E-state index in [9.17, 15) is 0 Å². The third-order valence-corrected chi connectivity index (χ3v) is 4.31. The van der Waals surface area contributed by atoms with Crippen LogP contribution in [0.2, 0.25) is 0 Å². The summed E-state index contributed by atoms with van der Waals surface area (Å²) >= 11 is 0. The fourth-order valence-corrected chi connectivity index (χ4v) is 3.23. The van der Waals surface area contributed by atoms with Crippen molar-refractivity contribution in [3.63, 3.8) is 0 Å². The van der Waals surface area contributed by atoms with Crippen LogP contribution in [0.4, 0.5) is 5.82 Å². The van der Waals surface area contributed by atoms with Gasteiger partial charge in [-0.05, 0) is 58.9 Å². The minimum atomic E-state index is 0.611. The van der Waals surface area contributed by atoms with Crippen LogP contribution in [0.3, 0.4) is 0 Å². The SMILES string of the molecule is Cc1cc(-c2ccc3c4c(cccc24)CC3)cnc1N. The highest BCUT2D eigenvalue weighted by molar-refractivity contribution is 6.01. The Labute approximate surface area is 118 Å². The van der Waals surface area contributed by atoms with E-state index < -0.39 is 0 Å². The Morgan fingerprint density at radius 2 is 1.85 bits per heavy atom. The molecular weight excluding hydrogens is 244 g/mol. The predicted molar refractivity (Wildman–Crippen MR) is 83.7 cm³/mol. The molecule has 0 aliphatic heterocycles. The van der Waals surface area contributed by atoms with Crippen LogP contribution in [0.15, 0.2) is 42.6 Å². The van der Waals surface area contributed by atoms with Crippen LogP contribution in [-0.4, -0.2) is 4.98 Å². The number of nitrogens with two attached hydrogens (primary N) is 1. The Hall–Kier alpha value is -2.35. The lowest BCUT2D eigenvalue weighted by Gasteiger charge is -2.10. The van der Waals surface area contributed by atoms with E-state index in [4.69, 9.17) is 5.73 Å². The van der Waals surface area contributed by atoms with Crippen LogP contribution in [0, 0.1) is 6.92 Å². The van der Waals surface area contributed by atoms with Crippen molar-refractivity contribution in [2.45, 2.75) is 19.8 Å². The summed E-state index contributed by atoms with van der Waals surface area (Å²) < 4.78 is 0. The highest BCUT2D eigenvalue weighted by Crippen LogP contribution is 2.37. The molecule has 1 aliphatic carbocycles. The second kappa shape index (κ2) is 4.07. The van der Waals surface area contributed by atoms with E-state index in [0.29, 0.717) is 5.82 Å². The summed E-state index contributed by atoms with van der Waals surface area (Å²) in [5.74, 6) is 0.611. The molecule has 3 aromatic rings. The smallest absolute Gasteiger partial charge is 0.126 e. The molecule has 2 nitrogen and oxygen atoms in total. The van der Waals surface area contributed by atoms with Gasteiger partial charge < -0.3 is 5.73 Å². The number of hydrogen-bond donors (Lipinski definition) is 1. The van der Waals surface area contributed by atoms with Crippen LogP contribution in [0.1, 0.15) is 16.7 Å². The summed E-state index contributed by atoms with van der Waals surface area (Å²) in [5.41, 5.74) is 12.2. The third-order valence-electron chi connectivity index (χ3n) is 4.31. The van der Waals surface area contributed by atoms with Gasteiger partial charge in [0.25, 0.3) is 0 Å². The van der Waals surface area contributed by atoms with E-state index in [1.807, 2.05) is 13.1 Å². The van der Waals surface area contributed by atoms with Crippen LogP contribution in [0.25, 0.3) is 21.9 Å². The lowest BCUT2D eigenvalue weighted by molar-refractivity contribution is 1.02. The fraction of sp³-hybridized carbons (Fsp3) is 0.167. The zero-order valence-corrected chi connectivity index (χ0v) is 11.5. The van der Waals surface area contributed by atoms with E-state index in [-0.39, 0.29) is 0 Å². The molecule has 0 atom stereocenters. The largest absolute Gasteiger partial charge is 0.383 e. The average molecular weight is 260 g/mol. The lowest BCUT2D eigenvalue weighted by Crippen LogP contribution is -1.94. The van der Waals surface area contributed by atoms with Gasteiger partial charge in [-0.1, -0.05) is 30.3 Å². The van der Waals surface area contributed by atoms with Crippen molar-refractivity contribution < 1.29 is 0 Å². The zero-order chi connectivity index (χ0) is 13.7. The minimum Gasteiger partial charge on any atom is -0.383 e. The maximum Gasteiger partial charge on any atom is 0.126 e. The molecule has 2 aromatic carbocycles. The molecule has 0 radical (unpaired) electrons. The maximum atomic E-state index is 5.83. The standard InChI is InChI=1S/C18H16N2/c1-11-9-14(10-20-18(11)19)15-8-7-13-6-5-12-3-2-4-16(15)17(12)13/h2-4,7-10H,5-6H2,1H3,(H2,19,20). The van der Waals surface area contributed by atoms with Crippen molar-refractivity contribution in [2.75, 3.05) is 5.73 Å². The second-order valence-electron chi connectivity index (χ2n) is 5.54. The molecule has 1 aromatic heterocycles. The quantitative estimate of drug-likeness (QED) is 0.721. The van der Waals surface area contributed by atoms with Gasteiger partial charge in [-0.2, -0.15) is 0 Å². The molecule has 0 bridgehead atoms. The van der Waals surface area contributed by atoms with E-state index in [1.165, 1.54) is 27.5 Å². The van der Waals surface area contributed by atoms with Crippen LogP contribution >= 0.6 is 0 Å². The van der Waals surface area contributed by atoms with Crippen LogP contribution in [0.5, 0.6) is 0 Å². The first kappa shape index (κ1) is 11.5. The number of aromatic nitrogens is 1. The van der Waals surface area contributed by atoms with Gasteiger partial charge in [0.15, 0.2) is 0 Å². The Kier molecular flexibility index (Phi) is 2.34. The van der Waals surface area contributed by atoms with E-state index >= 15 is 0 Å². The zero-order valence-electron chi connectivity index (χ0n) is 11.5. The summed E-state index contributed by atoms with van der Waals surface area (Å²) in [7, 11) is 0. The first-order valence-corrected chi connectivity index (χ1v) is 7.00. The Morgan fingerprint density at radius 3 is 2.65 bits per heavy atom. The maximum absolute atomic E-state index is 5.83. The third kappa shape index (κ3) is 1.54. The van der Waals surface area contributed by atoms with Gasteiger partial charge in [0.2, 0.25) is 0 Å². The second-order valence-corrected chi connectivity index (χ2v) is 5.54. The molecule has 1 aliphatic rings. The van der Waals surface area contributed by atoms with E-state index in [1.54, 1.807) is 0 Å². The van der Waals surface area contributed by atoms with Crippen molar-refractivity contribution in [2.24, 2.45) is 0 Å². The summed E-state index contributed by atoms with van der Waals surface area (Å²) in [5, 5.41) is 2.78. The van der Waals surface area contributed by atoms with Crippen molar-refractivity contribution in [1.29, 1.82) is 0 Å². The number of nitrogen functional groups attached to an aromatic ring is 1. The van der Waals surface area contributed by atoms with Gasteiger partial charge in [-0.3, -0.25) is 0 Å². The number of benzene rings is 2. The molecular formula is C18H16N2. The minimum absolute atomic E-state index is 0.611. The van der Waals surface area contributed by atoms with Crippen molar-refractivity contribution in [3.05, 3.63) is 59.3 Å². The monoisotopic (exact) mass is 260 g/mol. The number of pyridine rings is 1. The highest BCUT2D eigenvalue weighted by Gasteiger charge is 2.16. The van der Waals surface area contributed by atoms with E-state index in [2.05, 4.69) is 41.4 Å². The van der Waals surface area contributed by atoms with Crippen LogP contribution in [-0.2, 0) is 12.8 Å². The van der Waals surface area contributed by atoms with Crippen molar-refractivity contribution >= 4 is 16.6 Å². The van der Waals surface area contributed by atoms with Crippen LogP contribution < -0.4 is 5.73 Å². The average Bonchev–Trinajstić information content (AvgIpc) is 2.88. The molecule has 98 valence electrons. The topological polar surface area (TPSA) is 38.9 Å². The molecule has 2 heteroatoms. The van der Waals surface area contributed by atoms with Gasteiger partial charge >= 0.3 is 0 Å².